The Morgan fingerprint density at radius 3 is 2.06 bits per heavy atom. The fourth-order valence-electron chi connectivity index (χ4n) is 4.25. The summed E-state index contributed by atoms with van der Waals surface area (Å²) < 4.78 is 35.6. The Morgan fingerprint density at radius 1 is 0.722 bits per heavy atom. The van der Waals surface area contributed by atoms with Crippen LogP contribution in [0.15, 0.2) is 48.5 Å². The summed E-state index contributed by atoms with van der Waals surface area (Å²) in [6, 6.07) is 11.8. The number of rotatable bonds is 7. The molecule has 2 fully saturated rings. The summed E-state index contributed by atoms with van der Waals surface area (Å²) in [5.41, 5.74) is 0.398. The zero-order chi connectivity index (χ0) is 26.0. The first kappa shape index (κ1) is 26.8. The molecule has 0 amide bonds. The van der Waals surface area contributed by atoms with Gasteiger partial charge in [0, 0.05) is 0 Å². The lowest BCUT2D eigenvalue weighted by molar-refractivity contribution is -0.342. The summed E-state index contributed by atoms with van der Waals surface area (Å²) >= 11 is 0. The molecular formula is C24H29FO11. The Balaban J connectivity index is 1.55. The van der Waals surface area contributed by atoms with E-state index in [1.807, 2.05) is 0 Å². The molecule has 4 rings (SSSR count). The van der Waals surface area contributed by atoms with Crippen molar-refractivity contribution in [2.24, 2.45) is 0 Å². The fourth-order valence-corrected chi connectivity index (χ4v) is 4.25. The van der Waals surface area contributed by atoms with Crippen LogP contribution < -0.4 is 4.74 Å². The van der Waals surface area contributed by atoms with Crippen LogP contribution >= 0.6 is 0 Å². The second-order valence-electron chi connectivity index (χ2n) is 8.69. The van der Waals surface area contributed by atoms with Gasteiger partial charge in [0.1, 0.15) is 72.3 Å². The molecule has 0 spiro atoms. The maximum absolute atomic E-state index is 13.2. The largest absolute Gasteiger partial charge is 0.457 e. The van der Waals surface area contributed by atoms with Crippen molar-refractivity contribution in [3.63, 3.8) is 0 Å². The molecule has 12 heteroatoms. The third kappa shape index (κ3) is 5.53. The van der Waals surface area contributed by atoms with E-state index in [4.69, 9.17) is 18.9 Å². The molecule has 2 aliphatic rings. The van der Waals surface area contributed by atoms with Crippen LogP contribution in [0.3, 0.4) is 0 Å². The van der Waals surface area contributed by atoms with Crippen molar-refractivity contribution >= 4 is 0 Å². The van der Waals surface area contributed by atoms with Crippen LogP contribution in [0, 0.1) is 5.82 Å². The molecule has 2 heterocycles. The van der Waals surface area contributed by atoms with Gasteiger partial charge in [-0.25, -0.2) is 4.39 Å². The first-order valence-electron chi connectivity index (χ1n) is 11.3. The Kier molecular flexibility index (Phi) is 8.52. The average Bonchev–Trinajstić information content (AvgIpc) is 2.88. The molecule has 198 valence electrons. The monoisotopic (exact) mass is 512 g/mol. The molecular weight excluding hydrogens is 483 g/mol. The molecule has 11 nitrogen and oxygen atoms in total. The minimum Gasteiger partial charge on any atom is -0.457 e. The molecule has 10 atom stereocenters. The van der Waals surface area contributed by atoms with E-state index in [0.29, 0.717) is 17.1 Å². The van der Waals surface area contributed by atoms with Crippen LogP contribution in [0.1, 0.15) is 11.7 Å². The van der Waals surface area contributed by atoms with Gasteiger partial charge in [-0.3, -0.25) is 0 Å². The Labute approximate surface area is 205 Å². The van der Waals surface area contributed by atoms with Crippen molar-refractivity contribution in [3.05, 3.63) is 59.9 Å². The average molecular weight is 512 g/mol. The van der Waals surface area contributed by atoms with Crippen LogP contribution in [0.4, 0.5) is 4.39 Å². The number of hydrogen-bond acceptors (Lipinski definition) is 11. The molecule has 2 saturated heterocycles. The number of halogens is 1. The molecule has 0 bridgehead atoms. The smallest absolute Gasteiger partial charge is 0.187 e. The van der Waals surface area contributed by atoms with Gasteiger partial charge in [-0.1, -0.05) is 12.1 Å². The number of ether oxygens (including phenoxy) is 4. The Bertz CT molecular complexity index is 990. The second kappa shape index (κ2) is 11.4. The van der Waals surface area contributed by atoms with Crippen LogP contribution in [-0.4, -0.2) is 104 Å². The third-order valence-electron chi connectivity index (χ3n) is 6.24. The van der Waals surface area contributed by atoms with Crippen LogP contribution in [-0.2, 0) is 14.2 Å². The molecule has 0 saturated carbocycles. The van der Waals surface area contributed by atoms with Crippen molar-refractivity contribution in [1.29, 1.82) is 0 Å². The van der Waals surface area contributed by atoms with Crippen molar-refractivity contribution in [2.45, 2.75) is 61.2 Å². The summed E-state index contributed by atoms with van der Waals surface area (Å²) in [4.78, 5) is 0. The molecule has 0 aliphatic carbocycles. The highest BCUT2D eigenvalue weighted by Gasteiger charge is 2.50. The third-order valence-corrected chi connectivity index (χ3v) is 6.24. The van der Waals surface area contributed by atoms with E-state index in [9.17, 15) is 40.1 Å². The van der Waals surface area contributed by atoms with Crippen LogP contribution in [0.25, 0.3) is 0 Å². The summed E-state index contributed by atoms with van der Waals surface area (Å²) in [7, 11) is 0. The van der Waals surface area contributed by atoms with Crippen LogP contribution in [0.2, 0.25) is 0 Å². The topological polar surface area (TPSA) is 179 Å². The zero-order valence-corrected chi connectivity index (χ0v) is 18.9. The normalized spacial score (nSPS) is 37.0. The second-order valence-corrected chi connectivity index (χ2v) is 8.69. The lowest BCUT2D eigenvalue weighted by Crippen LogP contribution is -2.63. The summed E-state index contributed by atoms with van der Waals surface area (Å²) in [6.45, 7) is -1.32. The molecule has 7 N–H and O–H groups in total. The van der Waals surface area contributed by atoms with Gasteiger partial charge in [0.25, 0.3) is 0 Å². The highest BCUT2D eigenvalue weighted by atomic mass is 19.1. The van der Waals surface area contributed by atoms with Gasteiger partial charge >= 0.3 is 0 Å². The van der Waals surface area contributed by atoms with Crippen molar-refractivity contribution in [3.8, 4) is 11.5 Å². The summed E-state index contributed by atoms with van der Waals surface area (Å²) in [5.74, 6) is 0.285. The maximum Gasteiger partial charge on any atom is 0.187 e. The number of hydrogen-bond donors (Lipinski definition) is 7. The minimum atomic E-state index is -1.76. The zero-order valence-electron chi connectivity index (χ0n) is 18.9. The van der Waals surface area contributed by atoms with Gasteiger partial charge in [-0.15, -0.1) is 0 Å². The summed E-state index contributed by atoms with van der Waals surface area (Å²) in [5, 5.41) is 71.2. The van der Waals surface area contributed by atoms with Gasteiger partial charge in [0.15, 0.2) is 6.29 Å². The predicted octanol–water partition coefficient (Wildman–Crippen LogP) is -1.04. The van der Waals surface area contributed by atoms with E-state index in [0.717, 1.165) is 0 Å². The van der Waals surface area contributed by atoms with Gasteiger partial charge in [-0.2, -0.15) is 0 Å². The molecule has 36 heavy (non-hydrogen) atoms. The highest BCUT2D eigenvalue weighted by Crippen LogP contribution is 2.37. The van der Waals surface area contributed by atoms with Crippen molar-refractivity contribution in [2.75, 3.05) is 13.2 Å². The van der Waals surface area contributed by atoms with E-state index in [1.165, 1.54) is 24.3 Å². The SMILES string of the molecule is OC[C@H]1O[C@H](O[C@@H]2[C@H](O)[C@@H](c3cccc(Oc4ccc(F)cc4)c3)O[C@H](CO)[C@H]2O)[C@@H](O)[C@@H](O)[C@@H]1O. The van der Waals surface area contributed by atoms with E-state index in [2.05, 4.69) is 0 Å². The van der Waals surface area contributed by atoms with Crippen molar-refractivity contribution in [1.82, 2.24) is 0 Å². The first-order chi connectivity index (χ1) is 17.2. The van der Waals surface area contributed by atoms with E-state index in [1.54, 1.807) is 24.3 Å². The molecule has 2 aromatic carbocycles. The highest BCUT2D eigenvalue weighted by molar-refractivity contribution is 5.35. The van der Waals surface area contributed by atoms with Gasteiger partial charge < -0.3 is 54.7 Å². The molecule has 2 aliphatic heterocycles. The van der Waals surface area contributed by atoms with Gasteiger partial charge in [-0.05, 0) is 42.0 Å². The van der Waals surface area contributed by atoms with Crippen LogP contribution in [0.5, 0.6) is 11.5 Å². The number of aliphatic hydroxyl groups is 7. The molecule has 0 unspecified atom stereocenters. The molecule has 0 radical (unpaired) electrons. The first-order valence-corrected chi connectivity index (χ1v) is 11.3. The Morgan fingerprint density at radius 2 is 1.39 bits per heavy atom. The quantitative estimate of drug-likeness (QED) is 0.241. The summed E-state index contributed by atoms with van der Waals surface area (Å²) in [6.07, 6.45) is -14.9. The van der Waals surface area contributed by atoms with E-state index in [-0.39, 0.29) is 0 Å². The predicted molar refractivity (Wildman–Crippen MR) is 118 cm³/mol. The lowest BCUT2D eigenvalue weighted by Gasteiger charge is -2.46. The van der Waals surface area contributed by atoms with E-state index >= 15 is 0 Å². The molecule has 0 aromatic heterocycles. The standard InChI is InChI=1S/C24H29FO11/c25-12-4-6-13(7-5-12)33-14-3-1-2-11(8-14)22-21(32)23(18(29)16(10-27)34-22)36-24-20(31)19(30)17(28)15(9-26)35-24/h1-8,15-24,26-32H,9-10H2/t15-,16-,17-,18-,19+,20+,21-,22-,23+,24-/m1/s1. The molecule has 2 aromatic rings. The van der Waals surface area contributed by atoms with Crippen molar-refractivity contribution < 1.29 is 59.1 Å². The van der Waals surface area contributed by atoms with Gasteiger partial charge in [0.2, 0.25) is 0 Å². The Hall–Kier alpha value is -2.23. The van der Waals surface area contributed by atoms with Gasteiger partial charge in [0.05, 0.1) is 13.2 Å². The van der Waals surface area contributed by atoms with E-state index < -0.39 is 80.3 Å². The minimum absolute atomic E-state index is 0.341. The fraction of sp³-hybridized carbons (Fsp3) is 0.500. The number of benzene rings is 2. The number of aliphatic hydroxyl groups excluding tert-OH is 7. The lowest BCUT2D eigenvalue weighted by atomic mass is 9.90. The maximum atomic E-state index is 13.2.